The maximum absolute atomic E-state index is 11.8. The fraction of sp³-hybridized carbons (Fsp3) is 0.706. The van der Waals surface area contributed by atoms with Gasteiger partial charge in [0.25, 0.3) is 0 Å². The standard InChI is InChI=1S/C17H26O6/c18-10-15(21)16-5-3-1-2-4-11-8-12(19)9-13(11)14(20)6-7-17(22)23-16/h2,4,6-7,11-16,18-21H,1,3,5,8-10H2/b4-2+,7-6+/t11-,12+,13-,14-,15-,16+/m1/s1. The van der Waals surface area contributed by atoms with Crippen molar-refractivity contribution >= 4 is 5.97 Å². The molecule has 0 unspecified atom stereocenters. The number of rotatable bonds is 2. The number of hydrogen-bond acceptors (Lipinski definition) is 6. The number of cyclic esters (lactones) is 1. The molecule has 0 aromatic rings. The maximum atomic E-state index is 11.8. The molecule has 1 aliphatic carbocycles. The largest absolute Gasteiger partial charge is 0.456 e. The number of aliphatic hydroxyl groups excluding tert-OH is 4. The van der Waals surface area contributed by atoms with Gasteiger partial charge in [0.15, 0.2) is 0 Å². The smallest absolute Gasteiger partial charge is 0.330 e. The minimum absolute atomic E-state index is 0.0836. The van der Waals surface area contributed by atoms with E-state index in [1.54, 1.807) is 0 Å². The molecule has 2 rings (SSSR count). The molecule has 1 aliphatic heterocycles. The lowest BCUT2D eigenvalue weighted by atomic mass is 9.90. The molecule has 0 saturated heterocycles. The van der Waals surface area contributed by atoms with E-state index in [9.17, 15) is 20.1 Å². The van der Waals surface area contributed by atoms with Gasteiger partial charge in [-0.2, -0.15) is 0 Å². The zero-order valence-corrected chi connectivity index (χ0v) is 13.1. The van der Waals surface area contributed by atoms with Crippen LogP contribution in [0.15, 0.2) is 24.3 Å². The Balaban J connectivity index is 2.11. The van der Waals surface area contributed by atoms with Crippen LogP contribution in [0.3, 0.4) is 0 Å². The van der Waals surface area contributed by atoms with Crippen molar-refractivity contribution in [1.82, 2.24) is 0 Å². The van der Waals surface area contributed by atoms with Crippen LogP contribution in [0.2, 0.25) is 0 Å². The molecule has 4 N–H and O–H groups in total. The molecule has 1 heterocycles. The monoisotopic (exact) mass is 326 g/mol. The first kappa shape index (κ1) is 18.1. The first-order valence-electron chi connectivity index (χ1n) is 8.21. The van der Waals surface area contributed by atoms with Crippen molar-refractivity contribution < 1.29 is 30.0 Å². The minimum atomic E-state index is -1.11. The number of aliphatic hydroxyl groups is 4. The average Bonchev–Trinajstić information content (AvgIpc) is 2.90. The summed E-state index contributed by atoms with van der Waals surface area (Å²) in [6.07, 6.45) is 6.45. The molecule has 6 heteroatoms. The van der Waals surface area contributed by atoms with Gasteiger partial charge >= 0.3 is 5.97 Å². The van der Waals surface area contributed by atoms with Crippen LogP contribution in [0.25, 0.3) is 0 Å². The van der Waals surface area contributed by atoms with Crippen LogP contribution < -0.4 is 0 Å². The van der Waals surface area contributed by atoms with Gasteiger partial charge in [0.1, 0.15) is 12.2 Å². The predicted octanol–water partition coefficient (Wildman–Crippen LogP) is 0.296. The lowest BCUT2D eigenvalue weighted by Crippen LogP contribution is -2.33. The highest BCUT2D eigenvalue weighted by Crippen LogP contribution is 2.36. The van der Waals surface area contributed by atoms with Gasteiger partial charge in [0.2, 0.25) is 0 Å². The van der Waals surface area contributed by atoms with Gasteiger partial charge in [-0.3, -0.25) is 0 Å². The second-order valence-corrected chi connectivity index (χ2v) is 6.39. The van der Waals surface area contributed by atoms with E-state index in [0.717, 1.165) is 12.5 Å². The number of carbonyl (C=O) groups excluding carboxylic acids is 1. The molecule has 0 aromatic carbocycles. The fourth-order valence-corrected chi connectivity index (χ4v) is 3.35. The van der Waals surface area contributed by atoms with Crippen molar-refractivity contribution in [2.45, 2.75) is 56.5 Å². The molecule has 0 radical (unpaired) electrons. The Morgan fingerprint density at radius 2 is 2.04 bits per heavy atom. The summed E-state index contributed by atoms with van der Waals surface area (Å²) < 4.78 is 5.18. The first-order chi connectivity index (χ1) is 11.0. The van der Waals surface area contributed by atoms with Crippen molar-refractivity contribution in [3.05, 3.63) is 24.3 Å². The van der Waals surface area contributed by atoms with Crippen LogP contribution in [0, 0.1) is 11.8 Å². The van der Waals surface area contributed by atoms with Gasteiger partial charge in [0.05, 0.1) is 18.8 Å². The van der Waals surface area contributed by atoms with Gasteiger partial charge < -0.3 is 25.2 Å². The Hall–Kier alpha value is -1.21. The van der Waals surface area contributed by atoms with E-state index in [1.807, 2.05) is 12.2 Å². The van der Waals surface area contributed by atoms with E-state index in [1.165, 1.54) is 6.08 Å². The second kappa shape index (κ2) is 8.59. The SMILES string of the molecule is O=C1/C=C/[C@@H](O)[C@@H]2C[C@@H](O)C[C@H]2/C=C/CCC[C@@H]([C@H](O)CO)O1. The zero-order valence-electron chi connectivity index (χ0n) is 13.1. The van der Waals surface area contributed by atoms with E-state index >= 15 is 0 Å². The van der Waals surface area contributed by atoms with Crippen LogP contribution in [0.5, 0.6) is 0 Å². The topological polar surface area (TPSA) is 107 Å². The summed E-state index contributed by atoms with van der Waals surface area (Å²) in [4.78, 5) is 11.8. The number of fused-ring (bicyclic) bond motifs is 1. The maximum Gasteiger partial charge on any atom is 0.330 e. The van der Waals surface area contributed by atoms with Crippen LogP contribution in [0.1, 0.15) is 32.1 Å². The lowest BCUT2D eigenvalue weighted by Gasteiger charge is -2.21. The summed E-state index contributed by atoms with van der Waals surface area (Å²) in [6.45, 7) is -0.470. The Labute approximate surface area is 136 Å². The van der Waals surface area contributed by atoms with Crippen molar-refractivity contribution in [3.8, 4) is 0 Å². The molecule has 1 fully saturated rings. The Kier molecular flexibility index (Phi) is 6.77. The molecule has 6 nitrogen and oxygen atoms in total. The van der Waals surface area contributed by atoms with Gasteiger partial charge in [-0.15, -0.1) is 0 Å². The number of esters is 1. The van der Waals surface area contributed by atoms with E-state index in [4.69, 9.17) is 9.84 Å². The summed E-state index contributed by atoms with van der Waals surface area (Å²) in [5.74, 6) is -0.686. The van der Waals surface area contributed by atoms with E-state index in [0.29, 0.717) is 25.7 Å². The highest BCUT2D eigenvalue weighted by atomic mass is 16.6. The number of hydrogen-bond donors (Lipinski definition) is 4. The lowest BCUT2D eigenvalue weighted by molar-refractivity contribution is -0.151. The van der Waals surface area contributed by atoms with E-state index in [-0.39, 0.29) is 11.8 Å². The molecule has 130 valence electrons. The summed E-state index contributed by atoms with van der Waals surface area (Å²) >= 11 is 0. The zero-order chi connectivity index (χ0) is 16.8. The normalized spacial score (nSPS) is 40.0. The second-order valence-electron chi connectivity index (χ2n) is 6.39. The van der Waals surface area contributed by atoms with Crippen LogP contribution in [-0.4, -0.2) is 57.4 Å². The average molecular weight is 326 g/mol. The molecule has 0 bridgehead atoms. The van der Waals surface area contributed by atoms with E-state index < -0.39 is 37.0 Å². The van der Waals surface area contributed by atoms with Crippen LogP contribution >= 0.6 is 0 Å². The molecule has 2 aliphatic rings. The third-order valence-electron chi connectivity index (χ3n) is 4.63. The Morgan fingerprint density at radius 3 is 2.78 bits per heavy atom. The van der Waals surface area contributed by atoms with Crippen molar-refractivity contribution in [2.24, 2.45) is 11.8 Å². The first-order valence-corrected chi connectivity index (χ1v) is 8.21. The third-order valence-corrected chi connectivity index (χ3v) is 4.63. The Bertz CT molecular complexity index is 446. The molecule has 23 heavy (non-hydrogen) atoms. The molecule has 1 saturated carbocycles. The van der Waals surface area contributed by atoms with Crippen molar-refractivity contribution in [2.75, 3.05) is 6.61 Å². The molecular weight excluding hydrogens is 300 g/mol. The van der Waals surface area contributed by atoms with Crippen LogP contribution in [0.4, 0.5) is 0 Å². The highest BCUT2D eigenvalue weighted by Gasteiger charge is 2.35. The third kappa shape index (κ3) is 5.14. The molecule has 0 spiro atoms. The quantitative estimate of drug-likeness (QED) is 0.429. The van der Waals surface area contributed by atoms with Gasteiger partial charge in [-0.1, -0.05) is 12.2 Å². The highest BCUT2D eigenvalue weighted by molar-refractivity contribution is 5.82. The molecule has 0 aromatic heterocycles. The fourth-order valence-electron chi connectivity index (χ4n) is 3.35. The molecular formula is C17H26O6. The van der Waals surface area contributed by atoms with Gasteiger partial charge in [-0.25, -0.2) is 4.79 Å². The number of carbonyl (C=O) groups is 1. The Morgan fingerprint density at radius 1 is 1.26 bits per heavy atom. The summed E-state index contributed by atoms with van der Waals surface area (Å²) in [5.41, 5.74) is 0. The van der Waals surface area contributed by atoms with Crippen molar-refractivity contribution in [1.29, 1.82) is 0 Å². The molecule has 0 amide bonds. The van der Waals surface area contributed by atoms with E-state index in [2.05, 4.69) is 0 Å². The molecule has 6 atom stereocenters. The summed E-state index contributed by atoms with van der Waals surface area (Å²) in [5, 5.41) is 38.9. The number of ether oxygens (including phenoxy) is 1. The van der Waals surface area contributed by atoms with Gasteiger partial charge in [-0.05, 0) is 50.0 Å². The van der Waals surface area contributed by atoms with Crippen LogP contribution in [-0.2, 0) is 9.53 Å². The number of allylic oxidation sites excluding steroid dienone is 2. The predicted molar refractivity (Wildman–Crippen MR) is 83.3 cm³/mol. The van der Waals surface area contributed by atoms with Crippen molar-refractivity contribution in [3.63, 3.8) is 0 Å². The van der Waals surface area contributed by atoms with Gasteiger partial charge in [0, 0.05) is 6.08 Å². The summed E-state index contributed by atoms with van der Waals surface area (Å²) in [6, 6.07) is 0. The minimum Gasteiger partial charge on any atom is -0.456 e. The summed E-state index contributed by atoms with van der Waals surface area (Å²) in [7, 11) is 0.